The van der Waals surface area contributed by atoms with Crippen molar-refractivity contribution in [3.63, 3.8) is 0 Å². The van der Waals surface area contributed by atoms with Crippen LogP contribution in [-0.2, 0) is 9.53 Å². The van der Waals surface area contributed by atoms with Gasteiger partial charge in [0.15, 0.2) is 0 Å². The molecule has 140 valence electrons. The molecule has 0 saturated heterocycles. The van der Waals surface area contributed by atoms with Crippen LogP contribution >= 0.6 is 23.1 Å². The third-order valence-electron chi connectivity index (χ3n) is 4.46. The number of aliphatic hydroxyl groups excluding tert-OH is 1. The average molecular weight is 392 g/mol. The summed E-state index contributed by atoms with van der Waals surface area (Å²) in [4.78, 5) is 18.1. The first-order valence-electron chi connectivity index (χ1n) is 8.87. The van der Waals surface area contributed by atoms with Gasteiger partial charge in [-0.15, -0.1) is 23.1 Å². The summed E-state index contributed by atoms with van der Waals surface area (Å²) >= 11 is 3.33. The number of thioether (sulfide) groups is 1. The highest BCUT2D eigenvalue weighted by Gasteiger charge is 2.43. The number of hydrogen-bond donors (Lipinski definition) is 1. The van der Waals surface area contributed by atoms with Gasteiger partial charge in [-0.05, 0) is 51.7 Å². The Kier molecular flexibility index (Phi) is 6.05. The van der Waals surface area contributed by atoms with Crippen LogP contribution in [0, 0.1) is 11.8 Å². The summed E-state index contributed by atoms with van der Waals surface area (Å²) in [5.41, 5.74) is 0.595. The van der Waals surface area contributed by atoms with Gasteiger partial charge in [0, 0.05) is 33.9 Å². The lowest BCUT2D eigenvalue weighted by molar-refractivity contribution is -0.161. The summed E-state index contributed by atoms with van der Waals surface area (Å²) in [5.74, 6) is -0.467. The highest BCUT2D eigenvalue weighted by Crippen LogP contribution is 2.43. The van der Waals surface area contributed by atoms with Gasteiger partial charge in [0.1, 0.15) is 10.6 Å². The van der Waals surface area contributed by atoms with Gasteiger partial charge in [-0.1, -0.05) is 12.1 Å². The smallest absolute Gasteiger partial charge is 0.310 e. The average Bonchev–Trinajstić information content (AvgIpc) is 3.23. The number of aromatic nitrogens is 1. The van der Waals surface area contributed by atoms with Gasteiger partial charge >= 0.3 is 5.97 Å². The zero-order chi connectivity index (χ0) is 18.7. The molecule has 6 heteroatoms. The topological polar surface area (TPSA) is 59.4 Å². The summed E-state index contributed by atoms with van der Waals surface area (Å²) in [6, 6.07) is 8.31. The van der Waals surface area contributed by atoms with Gasteiger partial charge < -0.3 is 9.84 Å². The number of benzene rings is 1. The summed E-state index contributed by atoms with van der Waals surface area (Å²) in [7, 11) is 0. The molecule has 4 nitrogen and oxygen atoms in total. The quantitative estimate of drug-likeness (QED) is 0.753. The van der Waals surface area contributed by atoms with Crippen LogP contribution < -0.4 is 0 Å². The molecule has 1 fully saturated rings. The van der Waals surface area contributed by atoms with Gasteiger partial charge in [0.05, 0.1) is 5.92 Å². The molecule has 1 aromatic heterocycles. The predicted molar refractivity (Wildman–Crippen MR) is 106 cm³/mol. The first kappa shape index (κ1) is 19.4. The Labute approximate surface area is 163 Å². The van der Waals surface area contributed by atoms with Crippen LogP contribution in [0.5, 0.6) is 0 Å². The molecule has 1 aliphatic rings. The lowest BCUT2D eigenvalue weighted by Crippen LogP contribution is -2.35. The van der Waals surface area contributed by atoms with Crippen molar-refractivity contribution in [2.24, 2.45) is 11.8 Å². The van der Waals surface area contributed by atoms with Crippen LogP contribution in [0.25, 0.3) is 10.6 Å². The molecular weight excluding hydrogens is 366 g/mol. The Balaban J connectivity index is 1.72. The number of ether oxygens (including phenoxy) is 1. The summed E-state index contributed by atoms with van der Waals surface area (Å²) in [6.07, 6.45) is 3.57. The van der Waals surface area contributed by atoms with Crippen LogP contribution in [0.4, 0.5) is 0 Å². The zero-order valence-corrected chi connectivity index (χ0v) is 17.0. The van der Waals surface area contributed by atoms with E-state index in [9.17, 15) is 9.90 Å². The highest BCUT2D eigenvalue weighted by atomic mass is 32.2. The number of carbonyl (C=O) groups is 1. The molecule has 0 spiro atoms. The van der Waals surface area contributed by atoms with Gasteiger partial charge in [-0.3, -0.25) is 4.79 Å². The van der Waals surface area contributed by atoms with Crippen molar-refractivity contribution in [3.8, 4) is 10.6 Å². The van der Waals surface area contributed by atoms with E-state index >= 15 is 0 Å². The first-order valence-corrected chi connectivity index (χ1v) is 10.6. The maximum absolute atomic E-state index is 12.7. The number of carbonyl (C=O) groups excluding carboxylic acids is 1. The van der Waals surface area contributed by atoms with Crippen LogP contribution in [0.2, 0.25) is 0 Å². The number of esters is 1. The molecular formula is C20H25NO3S2. The summed E-state index contributed by atoms with van der Waals surface area (Å²) in [6.45, 7) is 5.68. The molecule has 2 aromatic rings. The van der Waals surface area contributed by atoms with E-state index < -0.39 is 5.60 Å². The largest absolute Gasteiger partial charge is 0.460 e. The van der Waals surface area contributed by atoms with E-state index in [4.69, 9.17) is 4.74 Å². The zero-order valence-electron chi connectivity index (χ0n) is 15.3. The Bertz CT molecular complexity index is 723. The molecule has 1 aliphatic carbocycles. The van der Waals surface area contributed by atoms with Crippen LogP contribution in [0.15, 0.2) is 40.7 Å². The molecule has 3 atom stereocenters. The minimum absolute atomic E-state index is 0.0167. The monoisotopic (exact) mass is 391 g/mol. The predicted octanol–water partition coefficient (Wildman–Crippen LogP) is 4.63. The van der Waals surface area contributed by atoms with E-state index in [0.29, 0.717) is 0 Å². The van der Waals surface area contributed by atoms with Crippen molar-refractivity contribution < 1.29 is 14.6 Å². The van der Waals surface area contributed by atoms with Gasteiger partial charge in [0.2, 0.25) is 0 Å². The highest BCUT2D eigenvalue weighted by molar-refractivity contribution is 8.00. The van der Waals surface area contributed by atoms with Gasteiger partial charge in [-0.25, -0.2) is 4.98 Å². The number of nitrogens with zero attached hydrogens (tertiary/aromatic N) is 1. The van der Waals surface area contributed by atoms with E-state index in [0.717, 1.165) is 28.3 Å². The maximum atomic E-state index is 12.7. The van der Waals surface area contributed by atoms with Crippen molar-refractivity contribution >= 4 is 29.1 Å². The minimum atomic E-state index is -0.510. The van der Waals surface area contributed by atoms with E-state index in [2.05, 4.69) is 29.2 Å². The SMILES string of the molecule is CC(C)(C)OC(=O)[C@H]1[C@H](CO)CC[C@@H]1Sc1ccc(-c2nccs2)cc1. The summed E-state index contributed by atoms with van der Waals surface area (Å²) < 4.78 is 5.62. The van der Waals surface area contributed by atoms with Crippen molar-refractivity contribution in [1.29, 1.82) is 0 Å². The fourth-order valence-electron chi connectivity index (χ4n) is 3.31. The standard InChI is InChI=1S/C20H25NO3S2/c1-20(2,3)24-19(23)17-14(12-22)6-9-16(17)26-15-7-4-13(5-8-15)18-21-10-11-25-18/h4-5,7-8,10-11,14,16-17,22H,6,9,12H2,1-3H3/t14-,16-,17-/m0/s1. The number of rotatable bonds is 5. The van der Waals surface area contributed by atoms with E-state index in [-0.39, 0.29) is 29.7 Å². The lowest BCUT2D eigenvalue weighted by atomic mass is 9.96. The molecule has 0 unspecified atom stereocenters. The number of hydrogen-bond acceptors (Lipinski definition) is 6. The third-order valence-corrected chi connectivity index (χ3v) is 6.66. The maximum Gasteiger partial charge on any atom is 0.310 e. The molecule has 0 aliphatic heterocycles. The second-order valence-electron chi connectivity index (χ2n) is 7.60. The molecule has 3 rings (SSSR count). The number of thiazole rings is 1. The second kappa shape index (κ2) is 8.11. The molecule has 26 heavy (non-hydrogen) atoms. The lowest BCUT2D eigenvalue weighted by Gasteiger charge is -2.27. The van der Waals surface area contributed by atoms with Crippen molar-refractivity contribution in [3.05, 3.63) is 35.8 Å². The minimum Gasteiger partial charge on any atom is -0.460 e. The fraction of sp³-hybridized carbons (Fsp3) is 0.500. The van der Waals surface area contributed by atoms with Gasteiger partial charge in [-0.2, -0.15) is 0 Å². The normalized spacial score (nSPS) is 23.2. The Morgan fingerprint density at radius 3 is 2.62 bits per heavy atom. The molecule has 1 heterocycles. The molecule has 0 radical (unpaired) electrons. The van der Waals surface area contributed by atoms with E-state index in [1.54, 1.807) is 23.1 Å². The van der Waals surface area contributed by atoms with E-state index in [1.165, 1.54) is 0 Å². The Morgan fingerprint density at radius 1 is 1.31 bits per heavy atom. The second-order valence-corrected chi connectivity index (χ2v) is 9.80. The number of aliphatic hydroxyl groups is 1. The molecule has 1 aromatic carbocycles. The van der Waals surface area contributed by atoms with Crippen molar-refractivity contribution in [2.75, 3.05) is 6.61 Å². The third kappa shape index (κ3) is 4.67. The first-order chi connectivity index (χ1) is 12.4. The van der Waals surface area contributed by atoms with Crippen LogP contribution in [0.3, 0.4) is 0 Å². The van der Waals surface area contributed by atoms with E-state index in [1.807, 2.05) is 32.3 Å². The van der Waals surface area contributed by atoms with Crippen molar-refractivity contribution in [2.45, 2.75) is 49.4 Å². The fourth-order valence-corrected chi connectivity index (χ4v) is 5.33. The van der Waals surface area contributed by atoms with Crippen LogP contribution in [0.1, 0.15) is 33.6 Å². The molecule has 0 bridgehead atoms. The Morgan fingerprint density at radius 2 is 2.04 bits per heavy atom. The summed E-state index contributed by atoms with van der Waals surface area (Å²) in [5, 5.41) is 12.8. The molecule has 0 amide bonds. The molecule has 1 N–H and O–H groups in total. The van der Waals surface area contributed by atoms with Crippen molar-refractivity contribution in [1.82, 2.24) is 4.98 Å². The van der Waals surface area contributed by atoms with Gasteiger partial charge in [0.25, 0.3) is 0 Å². The van der Waals surface area contributed by atoms with Crippen LogP contribution in [-0.4, -0.2) is 33.5 Å². The Hall–Kier alpha value is -1.37. The molecule has 1 saturated carbocycles.